The van der Waals surface area contributed by atoms with Gasteiger partial charge in [-0.05, 0) is 51.0 Å². The predicted octanol–water partition coefficient (Wildman–Crippen LogP) is 3.66. The van der Waals surface area contributed by atoms with Gasteiger partial charge in [0.2, 0.25) is 5.91 Å². The number of anilines is 1. The molecule has 1 aliphatic rings. The molecule has 1 aromatic rings. The first kappa shape index (κ1) is 14.6. The molecule has 0 aliphatic carbocycles. The number of amides is 1. The summed E-state index contributed by atoms with van der Waals surface area (Å²) in [4.78, 5) is 14.3. The van der Waals surface area contributed by atoms with E-state index in [9.17, 15) is 4.79 Å². The summed E-state index contributed by atoms with van der Waals surface area (Å²) in [5.74, 6) is 0.446. The molecule has 0 atom stereocenters. The number of hydrogen-bond donors (Lipinski definition) is 1. The maximum absolute atomic E-state index is 12.0. The highest BCUT2D eigenvalue weighted by Crippen LogP contribution is 2.30. The van der Waals surface area contributed by atoms with Gasteiger partial charge in [-0.2, -0.15) is 0 Å². The quantitative estimate of drug-likeness (QED) is 0.924. The molecule has 1 saturated heterocycles. The van der Waals surface area contributed by atoms with E-state index in [2.05, 4.69) is 17.3 Å². The molecule has 2 rings (SSSR count). The minimum Gasteiger partial charge on any atom is -0.324 e. The Morgan fingerprint density at radius 2 is 1.89 bits per heavy atom. The van der Waals surface area contributed by atoms with Crippen molar-refractivity contribution in [2.75, 3.05) is 25.5 Å². The van der Waals surface area contributed by atoms with Crippen LogP contribution in [0.3, 0.4) is 0 Å². The number of para-hydroxylation sites is 1. The van der Waals surface area contributed by atoms with Crippen LogP contribution in [-0.4, -0.2) is 30.9 Å². The fourth-order valence-electron chi connectivity index (χ4n) is 2.34. The molecule has 0 aromatic heterocycles. The van der Waals surface area contributed by atoms with Gasteiger partial charge in [-0.3, -0.25) is 4.79 Å². The van der Waals surface area contributed by atoms with E-state index in [1.807, 2.05) is 0 Å². The number of halogens is 2. The summed E-state index contributed by atoms with van der Waals surface area (Å²) >= 11 is 12.1. The van der Waals surface area contributed by atoms with Crippen LogP contribution in [0.2, 0.25) is 10.0 Å². The molecule has 1 N–H and O–H groups in total. The van der Waals surface area contributed by atoms with E-state index in [1.165, 1.54) is 0 Å². The Morgan fingerprint density at radius 3 is 2.47 bits per heavy atom. The van der Waals surface area contributed by atoms with Gasteiger partial charge in [0.15, 0.2) is 0 Å². The van der Waals surface area contributed by atoms with Crippen molar-refractivity contribution < 1.29 is 4.79 Å². The molecule has 0 radical (unpaired) electrons. The zero-order valence-corrected chi connectivity index (χ0v) is 12.5. The van der Waals surface area contributed by atoms with Gasteiger partial charge in [0, 0.05) is 6.42 Å². The van der Waals surface area contributed by atoms with Gasteiger partial charge in [-0.25, -0.2) is 0 Å². The van der Waals surface area contributed by atoms with Crippen molar-refractivity contribution in [1.82, 2.24) is 4.90 Å². The topological polar surface area (TPSA) is 32.3 Å². The molecule has 1 aliphatic heterocycles. The van der Waals surface area contributed by atoms with Crippen LogP contribution in [-0.2, 0) is 4.79 Å². The molecule has 3 nitrogen and oxygen atoms in total. The fraction of sp³-hybridized carbons (Fsp3) is 0.500. The summed E-state index contributed by atoms with van der Waals surface area (Å²) in [5.41, 5.74) is 0.517. The Bertz CT molecular complexity index is 437. The van der Waals surface area contributed by atoms with E-state index in [0.717, 1.165) is 25.9 Å². The molecular weight excluding hydrogens is 283 g/mol. The number of hydrogen-bond acceptors (Lipinski definition) is 2. The number of nitrogens with one attached hydrogen (secondary N) is 1. The number of carbonyl (C=O) groups excluding carboxylic acids is 1. The summed E-state index contributed by atoms with van der Waals surface area (Å²) in [7, 11) is 2.11. The summed E-state index contributed by atoms with van der Waals surface area (Å²) in [5, 5.41) is 3.77. The highest BCUT2D eigenvalue weighted by Gasteiger charge is 2.20. The van der Waals surface area contributed by atoms with Crippen LogP contribution in [0.4, 0.5) is 5.69 Å². The first-order valence-electron chi connectivity index (χ1n) is 6.48. The van der Waals surface area contributed by atoms with Gasteiger partial charge in [-0.1, -0.05) is 29.3 Å². The third-order valence-corrected chi connectivity index (χ3v) is 4.17. The second kappa shape index (κ2) is 6.60. The minimum absolute atomic E-state index is 0.00967. The molecule has 104 valence electrons. The van der Waals surface area contributed by atoms with Gasteiger partial charge in [0.25, 0.3) is 0 Å². The number of piperidine rings is 1. The average Bonchev–Trinajstić information content (AvgIpc) is 2.37. The number of benzene rings is 1. The average molecular weight is 301 g/mol. The van der Waals surface area contributed by atoms with E-state index in [0.29, 0.717) is 28.1 Å². The number of carbonyl (C=O) groups is 1. The molecule has 1 amide bonds. The Hall–Kier alpha value is -0.770. The highest BCUT2D eigenvalue weighted by atomic mass is 35.5. The molecule has 0 unspecified atom stereocenters. The lowest BCUT2D eigenvalue weighted by atomic mass is 9.93. The second-order valence-corrected chi connectivity index (χ2v) is 5.91. The summed E-state index contributed by atoms with van der Waals surface area (Å²) in [6.07, 6.45) is 2.68. The van der Waals surface area contributed by atoms with E-state index in [4.69, 9.17) is 23.2 Å². The lowest BCUT2D eigenvalue weighted by molar-refractivity contribution is -0.117. The van der Waals surface area contributed by atoms with Gasteiger partial charge < -0.3 is 10.2 Å². The Morgan fingerprint density at radius 1 is 1.32 bits per heavy atom. The monoisotopic (exact) mass is 300 g/mol. The third-order valence-electron chi connectivity index (χ3n) is 3.54. The summed E-state index contributed by atoms with van der Waals surface area (Å²) in [6, 6.07) is 5.20. The van der Waals surface area contributed by atoms with E-state index in [1.54, 1.807) is 18.2 Å². The Labute approximate surface area is 123 Å². The number of rotatable bonds is 3. The first-order chi connectivity index (χ1) is 9.06. The van der Waals surface area contributed by atoms with E-state index < -0.39 is 0 Å². The van der Waals surface area contributed by atoms with Crippen LogP contribution in [0.25, 0.3) is 0 Å². The third kappa shape index (κ3) is 4.10. The first-order valence-corrected chi connectivity index (χ1v) is 7.24. The van der Waals surface area contributed by atoms with Gasteiger partial charge in [0.05, 0.1) is 15.7 Å². The largest absolute Gasteiger partial charge is 0.324 e. The smallest absolute Gasteiger partial charge is 0.224 e. The SMILES string of the molecule is CN1CCC(CC(=O)Nc2c(Cl)cccc2Cl)CC1. The molecule has 0 spiro atoms. The van der Waals surface area contributed by atoms with E-state index in [-0.39, 0.29) is 5.91 Å². The molecule has 5 heteroatoms. The normalized spacial score (nSPS) is 17.4. The molecule has 19 heavy (non-hydrogen) atoms. The molecule has 0 saturated carbocycles. The predicted molar refractivity (Wildman–Crippen MR) is 79.9 cm³/mol. The number of nitrogens with zero attached hydrogens (tertiary/aromatic N) is 1. The molecule has 0 bridgehead atoms. The van der Waals surface area contributed by atoms with Crippen LogP contribution in [0.15, 0.2) is 18.2 Å². The maximum atomic E-state index is 12.0. The molecule has 1 fully saturated rings. The highest BCUT2D eigenvalue weighted by molar-refractivity contribution is 6.39. The Kier molecular flexibility index (Phi) is 5.08. The van der Waals surface area contributed by atoms with Crippen LogP contribution < -0.4 is 5.32 Å². The van der Waals surface area contributed by atoms with Gasteiger partial charge >= 0.3 is 0 Å². The summed E-state index contributed by atoms with van der Waals surface area (Å²) in [6.45, 7) is 2.12. The number of likely N-dealkylation sites (tertiary alicyclic amines) is 1. The van der Waals surface area contributed by atoms with Crippen molar-refractivity contribution in [3.05, 3.63) is 28.2 Å². The molecule has 1 heterocycles. The van der Waals surface area contributed by atoms with Crippen molar-refractivity contribution >= 4 is 34.8 Å². The second-order valence-electron chi connectivity index (χ2n) is 5.10. The Balaban J connectivity index is 1.91. The van der Waals surface area contributed by atoms with Crippen LogP contribution in [0.5, 0.6) is 0 Å². The lowest BCUT2D eigenvalue weighted by Gasteiger charge is -2.28. The van der Waals surface area contributed by atoms with Crippen LogP contribution >= 0.6 is 23.2 Å². The van der Waals surface area contributed by atoms with Gasteiger partial charge in [-0.15, -0.1) is 0 Å². The standard InChI is InChI=1S/C14H18Cl2N2O/c1-18-7-5-10(6-8-18)9-13(19)17-14-11(15)3-2-4-12(14)16/h2-4,10H,5-9H2,1H3,(H,17,19). The zero-order valence-electron chi connectivity index (χ0n) is 11.0. The molecular formula is C14H18Cl2N2O. The van der Waals surface area contributed by atoms with Crippen molar-refractivity contribution in [3.8, 4) is 0 Å². The summed E-state index contributed by atoms with van der Waals surface area (Å²) < 4.78 is 0. The lowest BCUT2D eigenvalue weighted by Crippen LogP contribution is -2.31. The van der Waals surface area contributed by atoms with Crippen LogP contribution in [0, 0.1) is 5.92 Å². The van der Waals surface area contributed by atoms with Crippen LogP contribution in [0.1, 0.15) is 19.3 Å². The minimum atomic E-state index is -0.00967. The van der Waals surface area contributed by atoms with Crippen molar-refractivity contribution in [2.45, 2.75) is 19.3 Å². The zero-order chi connectivity index (χ0) is 13.8. The maximum Gasteiger partial charge on any atom is 0.224 e. The van der Waals surface area contributed by atoms with Gasteiger partial charge in [0.1, 0.15) is 0 Å². The fourth-order valence-corrected chi connectivity index (χ4v) is 2.83. The van der Waals surface area contributed by atoms with E-state index >= 15 is 0 Å². The molecule has 1 aromatic carbocycles. The van der Waals surface area contributed by atoms with Crippen molar-refractivity contribution in [2.24, 2.45) is 5.92 Å². The van der Waals surface area contributed by atoms with Crippen molar-refractivity contribution in [3.63, 3.8) is 0 Å². The van der Waals surface area contributed by atoms with Crippen molar-refractivity contribution in [1.29, 1.82) is 0 Å².